The summed E-state index contributed by atoms with van der Waals surface area (Å²) in [6.07, 6.45) is 3.01. The number of nitrogens with one attached hydrogen (secondary N) is 1. The molecule has 1 N–H and O–H groups in total. The van der Waals surface area contributed by atoms with Crippen LogP contribution in [0, 0.1) is 6.92 Å². The monoisotopic (exact) mass is 425 g/mol. The Bertz CT molecular complexity index is 955. The lowest BCUT2D eigenvalue weighted by atomic mass is 9.94. The summed E-state index contributed by atoms with van der Waals surface area (Å²) in [4.78, 5) is 7.02. The van der Waals surface area contributed by atoms with E-state index < -0.39 is 0 Å². The molecule has 3 aromatic rings. The fraction of sp³-hybridized carbons (Fsp3) is 0.400. The first-order valence-electron chi connectivity index (χ1n) is 10.7. The van der Waals surface area contributed by atoms with Crippen molar-refractivity contribution in [3.63, 3.8) is 0 Å². The number of rotatable bonds is 10. The van der Waals surface area contributed by atoms with E-state index in [0.717, 1.165) is 60.5 Å². The molecule has 2 aromatic carbocycles. The summed E-state index contributed by atoms with van der Waals surface area (Å²) in [7, 11) is 1.71. The number of hydrogen-bond acceptors (Lipinski definition) is 4. The van der Waals surface area contributed by atoms with Crippen molar-refractivity contribution >= 4 is 28.2 Å². The molecule has 0 saturated heterocycles. The molecule has 1 atom stereocenters. The molecule has 3 rings (SSSR count). The summed E-state index contributed by atoms with van der Waals surface area (Å²) in [5.41, 5.74) is 4.52. The van der Waals surface area contributed by atoms with E-state index in [1.807, 2.05) is 18.3 Å². The van der Waals surface area contributed by atoms with Gasteiger partial charge in [0, 0.05) is 34.8 Å². The van der Waals surface area contributed by atoms with Crippen molar-refractivity contribution < 1.29 is 4.74 Å². The number of aromatic nitrogens is 1. The molecular weight excluding hydrogens is 394 g/mol. The third kappa shape index (κ3) is 5.44. The quantitative estimate of drug-likeness (QED) is 0.423. The molecule has 0 spiro atoms. The highest BCUT2D eigenvalue weighted by Crippen LogP contribution is 2.30. The SMILES string of the molecule is CCN(CC)CC[C@H](CNc1c(C)cnc2cc(Cl)ccc12)c1ccc(OC)cc1. The first-order chi connectivity index (χ1) is 14.5. The number of nitrogens with zero attached hydrogens (tertiary/aromatic N) is 2. The van der Waals surface area contributed by atoms with Crippen LogP contribution in [0.2, 0.25) is 5.02 Å². The van der Waals surface area contributed by atoms with Crippen LogP contribution in [0.15, 0.2) is 48.7 Å². The molecule has 4 nitrogen and oxygen atoms in total. The largest absolute Gasteiger partial charge is 0.497 e. The number of anilines is 1. The summed E-state index contributed by atoms with van der Waals surface area (Å²) in [5.74, 6) is 1.29. The smallest absolute Gasteiger partial charge is 0.118 e. The summed E-state index contributed by atoms with van der Waals surface area (Å²) >= 11 is 6.17. The summed E-state index contributed by atoms with van der Waals surface area (Å²) in [5, 5.41) is 5.55. The van der Waals surface area contributed by atoms with Crippen LogP contribution in [-0.2, 0) is 0 Å². The maximum Gasteiger partial charge on any atom is 0.118 e. The fourth-order valence-electron chi connectivity index (χ4n) is 3.87. The normalized spacial score (nSPS) is 12.3. The zero-order chi connectivity index (χ0) is 21.5. The number of halogens is 1. The van der Waals surface area contributed by atoms with Crippen molar-refractivity contribution in [2.24, 2.45) is 0 Å². The van der Waals surface area contributed by atoms with Gasteiger partial charge in [-0.25, -0.2) is 0 Å². The van der Waals surface area contributed by atoms with Gasteiger partial charge in [0.05, 0.1) is 12.6 Å². The van der Waals surface area contributed by atoms with Crippen molar-refractivity contribution in [3.05, 3.63) is 64.8 Å². The van der Waals surface area contributed by atoms with Gasteiger partial charge in [0.1, 0.15) is 5.75 Å². The van der Waals surface area contributed by atoms with E-state index in [1.54, 1.807) is 7.11 Å². The van der Waals surface area contributed by atoms with E-state index in [9.17, 15) is 0 Å². The topological polar surface area (TPSA) is 37.4 Å². The van der Waals surface area contributed by atoms with Crippen molar-refractivity contribution in [2.75, 3.05) is 38.6 Å². The van der Waals surface area contributed by atoms with E-state index in [-0.39, 0.29) is 0 Å². The predicted octanol–water partition coefficient (Wildman–Crippen LogP) is 6.13. The Hall–Kier alpha value is -2.30. The van der Waals surface area contributed by atoms with Gasteiger partial charge in [0.2, 0.25) is 0 Å². The van der Waals surface area contributed by atoms with Crippen LogP contribution in [0.25, 0.3) is 10.9 Å². The Kier molecular flexibility index (Phi) is 7.94. The van der Waals surface area contributed by atoms with E-state index in [1.165, 1.54) is 5.56 Å². The second kappa shape index (κ2) is 10.6. The molecule has 0 unspecified atom stereocenters. The summed E-state index contributed by atoms with van der Waals surface area (Å²) in [6.45, 7) is 10.6. The Labute approximate surface area is 185 Å². The first-order valence-corrected chi connectivity index (χ1v) is 11.1. The lowest BCUT2D eigenvalue weighted by Crippen LogP contribution is -2.27. The van der Waals surface area contributed by atoms with Crippen LogP contribution in [0.1, 0.15) is 37.3 Å². The number of ether oxygens (including phenoxy) is 1. The van der Waals surface area contributed by atoms with Crippen molar-refractivity contribution in [3.8, 4) is 5.75 Å². The van der Waals surface area contributed by atoms with Gasteiger partial charge in [0.25, 0.3) is 0 Å². The average molecular weight is 426 g/mol. The van der Waals surface area contributed by atoms with Crippen LogP contribution in [-0.4, -0.2) is 43.2 Å². The maximum absolute atomic E-state index is 6.17. The van der Waals surface area contributed by atoms with Gasteiger partial charge in [0.15, 0.2) is 0 Å². The number of fused-ring (bicyclic) bond motifs is 1. The lowest BCUT2D eigenvalue weighted by Gasteiger charge is -2.24. The van der Waals surface area contributed by atoms with Gasteiger partial charge >= 0.3 is 0 Å². The van der Waals surface area contributed by atoms with Crippen LogP contribution in [0.4, 0.5) is 5.69 Å². The van der Waals surface area contributed by atoms with E-state index >= 15 is 0 Å². The minimum Gasteiger partial charge on any atom is -0.497 e. The number of pyridine rings is 1. The van der Waals surface area contributed by atoms with Crippen LogP contribution in [0.3, 0.4) is 0 Å². The minimum atomic E-state index is 0.395. The molecule has 0 aliphatic heterocycles. The highest BCUT2D eigenvalue weighted by atomic mass is 35.5. The van der Waals surface area contributed by atoms with Gasteiger partial charge in [-0.2, -0.15) is 0 Å². The molecular formula is C25H32ClN3O. The van der Waals surface area contributed by atoms with Gasteiger partial charge in [-0.15, -0.1) is 0 Å². The molecule has 0 radical (unpaired) electrons. The average Bonchev–Trinajstić information content (AvgIpc) is 2.77. The second-order valence-electron chi connectivity index (χ2n) is 7.64. The zero-order valence-corrected chi connectivity index (χ0v) is 19.2. The zero-order valence-electron chi connectivity index (χ0n) is 18.4. The Morgan fingerprint density at radius 1 is 1.10 bits per heavy atom. The number of benzene rings is 2. The predicted molar refractivity (Wildman–Crippen MR) is 128 cm³/mol. The molecule has 0 bridgehead atoms. The van der Waals surface area contributed by atoms with Gasteiger partial charge < -0.3 is 15.0 Å². The van der Waals surface area contributed by atoms with E-state index in [0.29, 0.717) is 10.9 Å². The van der Waals surface area contributed by atoms with Gasteiger partial charge in [-0.05, 0) is 74.4 Å². The first kappa shape index (κ1) is 22.4. The number of methoxy groups -OCH3 is 1. The van der Waals surface area contributed by atoms with E-state index in [4.69, 9.17) is 16.3 Å². The van der Waals surface area contributed by atoms with Gasteiger partial charge in [-0.3, -0.25) is 4.98 Å². The van der Waals surface area contributed by atoms with Gasteiger partial charge in [-0.1, -0.05) is 37.6 Å². The molecule has 1 heterocycles. The van der Waals surface area contributed by atoms with Crippen molar-refractivity contribution in [1.29, 1.82) is 0 Å². The Morgan fingerprint density at radius 2 is 1.83 bits per heavy atom. The highest BCUT2D eigenvalue weighted by Gasteiger charge is 2.15. The lowest BCUT2D eigenvalue weighted by molar-refractivity contribution is 0.291. The standard InChI is InChI=1S/C25H32ClN3O/c1-5-29(6-2)14-13-20(19-7-10-22(30-4)11-8-19)17-28-25-18(3)16-27-24-15-21(26)9-12-23(24)25/h7-12,15-16,20H,5-6,13-14,17H2,1-4H3,(H,27,28)/t20-/m1/s1. The third-order valence-corrected chi connectivity index (χ3v) is 6.06. The highest BCUT2D eigenvalue weighted by molar-refractivity contribution is 6.31. The van der Waals surface area contributed by atoms with Crippen molar-refractivity contribution in [2.45, 2.75) is 33.1 Å². The molecule has 0 saturated carbocycles. The Balaban J connectivity index is 1.83. The third-order valence-electron chi connectivity index (χ3n) is 5.82. The van der Waals surface area contributed by atoms with Crippen LogP contribution >= 0.6 is 11.6 Å². The molecule has 0 aliphatic rings. The molecule has 1 aromatic heterocycles. The number of hydrogen-bond donors (Lipinski definition) is 1. The minimum absolute atomic E-state index is 0.395. The van der Waals surface area contributed by atoms with Crippen LogP contribution in [0.5, 0.6) is 5.75 Å². The molecule has 0 amide bonds. The number of aryl methyl sites for hydroxylation is 1. The molecule has 5 heteroatoms. The summed E-state index contributed by atoms with van der Waals surface area (Å²) < 4.78 is 5.34. The second-order valence-corrected chi connectivity index (χ2v) is 8.08. The summed E-state index contributed by atoms with van der Waals surface area (Å²) in [6, 6.07) is 14.4. The molecule has 0 aliphatic carbocycles. The van der Waals surface area contributed by atoms with Crippen LogP contribution < -0.4 is 10.1 Å². The fourth-order valence-corrected chi connectivity index (χ4v) is 4.03. The van der Waals surface area contributed by atoms with E-state index in [2.05, 4.69) is 66.3 Å². The maximum atomic E-state index is 6.17. The molecule has 0 fully saturated rings. The molecule has 160 valence electrons. The van der Waals surface area contributed by atoms with Crippen molar-refractivity contribution in [1.82, 2.24) is 9.88 Å². The Morgan fingerprint density at radius 3 is 2.50 bits per heavy atom. The molecule has 30 heavy (non-hydrogen) atoms.